The third-order valence-corrected chi connectivity index (χ3v) is 5.31. The third kappa shape index (κ3) is 2.53. The Labute approximate surface area is 98.5 Å². The van der Waals surface area contributed by atoms with Crippen LogP contribution in [0.15, 0.2) is 11.4 Å². The van der Waals surface area contributed by atoms with Crippen LogP contribution in [0, 0.1) is 0 Å². The molecule has 1 aliphatic carbocycles. The minimum absolute atomic E-state index is 0.0799. The number of hydrogen-bond donors (Lipinski definition) is 1. The molecule has 1 unspecified atom stereocenters. The average molecular weight is 266 g/mol. The second kappa shape index (κ2) is 4.41. The van der Waals surface area contributed by atoms with E-state index < -0.39 is 10.0 Å². The molecule has 84 valence electrons. The van der Waals surface area contributed by atoms with Crippen molar-refractivity contribution >= 4 is 33.0 Å². The summed E-state index contributed by atoms with van der Waals surface area (Å²) in [6.45, 7) is 0. The SMILES string of the molecule is O=S(=O)(CCl)NC1CCCc2sccc21. The highest BCUT2D eigenvalue weighted by atomic mass is 35.5. The van der Waals surface area contributed by atoms with Crippen molar-refractivity contribution in [3.05, 3.63) is 21.9 Å². The fourth-order valence-electron chi connectivity index (χ4n) is 1.86. The molecule has 1 aromatic heterocycles. The Kier molecular flexibility index (Phi) is 3.35. The molecular formula is C9H12ClNO2S2. The van der Waals surface area contributed by atoms with Gasteiger partial charge in [-0.15, -0.1) is 22.9 Å². The number of nitrogens with one attached hydrogen (secondary N) is 1. The number of thiophene rings is 1. The van der Waals surface area contributed by atoms with Crippen LogP contribution in [0.5, 0.6) is 0 Å². The van der Waals surface area contributed by atoms with Gasteiger partial charge in [0, 0.05) is 10.9 Å². The lowest BCUT2D eigenvalue weighted by Gasteiger charge is -2.22. The van der Waals surface area contributed by atoms with Gasteiger partial charge in [0.1, 0.15) is 5.21 Å². The van der Waals surface area contributed by atoms with Crippen LogP contribution < -0.4 is 4.72 Å². The van der Waals surface area contributed by atoms with Crippen LogP contribution in [0.1, 0.15) is 29.3 Å². The number of aryl methyl sites for hydroxylation is 1. The first-order valence-corrected chi connectivity index (χ1v) is 7.81. The normalized spacial score (nSPS) is 21.3. The Morgan fingerprint density at radius 2 is 2.40 bits per heavy atom. The number of hydrogen-bond acceptors (Lipinski definition) is 3. The fraction of sp³-hybridized carbons (Fsp3) is 0.556. The van der Waals surface area contributed by atoms with Crippen LogP contribution in [-0.2, 0) is 16.4 Å². The molecule has 0 saturated carbocycles. The highest BCUT2D eigenvalue weighted by molar-refractivity contribution is 7.90. The van der Waals surface area contributed by atoms with E-state index in [2.05, 4.69) is 4.72 Å². The summed E-state index contributed by atoms with van der Waals surface area (Å²) in [4.78, 5) is 1.29. The number of fused-ring (bicyclic) bond motifs is 1. The van der Waals surface area contributed by atoms with E-state index in [1.165, 1.54) is 4.88 Å². The van der Waals surface area contributed by atoms with Gasteiger partial charge in [0.2, 0.25) is 10.0 Å². The quantitative estimate of drug-likeness (QED) is 0.852. The van der Waals surface area contributed by atoms with Gasteiger partial charge in [-0.25, -0.2) is 13.1 Å². The van der Waals surface area contributed by atoms with E-state index in [4.69, 9.17) is 11.6 Å². The summed E-state index contributed by atoms with van der Waals surface area (Å²) >= 11 is 7.06. The zero-order chi connectivity index (χ0) is 10.9. The predicted octanol–water partition coefficient (Wildman–Crippen LogP) is 2.24. The highest BCUT2D eigenvalue weighted by Gasteiger charge is 2.24. The lowest BCUT2D eigenvalue weighted by Crippen LogP contribution is -2.31. The smallest absolute Gasteiger partial charge is 0.211 e. The molecule has 6 heteroatoms. The molecule has 0 saturated heterocycles. The van der Waals surface area contributed by atoms with Gasteiger partial charge in [0.15, 0.2) is 0 Å². The van der Waals surface area contributed by atoms with Gasteiger partial charge in [0.25, 0.3) is 0 Å². The maximum atomic E-state index is 11.4. The zero-order valence-corrected chi connectivity index (χ0v) is 10.5. The van der Waals surface area contributed by atoms with Crippen LogP contribution in [0.3, 0.4) is 0 Å². The standard InChI is InChI=1S/C9H12ClNO2S2/c10-6-15(12,13)11-8-2-1-3-9-7(8)4-5-14-9/h4-5,8,11H,1-3,6H2. The van der Waals surface area contributed by atoms with Gasteiger partial charge in [-0.05, 0) is 36.3 Å². The average Bonchev–Trinajstić information content (AvgIpc) is 2.66. The van der Waals surface area contributed by atoms with Crippen molar-refractivity contribution in [2.45, 2.75) is 25.3 Å². The van der Waals surface area contributed by atoms with Crippen molar-refractivity contribution < 1.29 is 8.42 Å². The summed E-state index contributed by atoms with van der Waals surface area (Å²) in [6, 6.07) is 1.92. The Morgan fingerprint density at radius 1 is 1.60 bits per heavy atom. The van der Waals surface area contributed by atoms with Crippen molar-refractivity contribution in [3.8, 4) is 0 Å². The maximum absolute atomic E-state index is 11.4. The Balaban J connectivity index is 2.20. The number of sulfonamides is 1. The molecular weight excluding hydrogens is 254 g/mol. The molecule has 0 amide bonds. The number of halogens is 1. The zero-order valence-electron chi connectivity index (χ0n) is 8.07. The highest BCUT2D eigenvalue weighted by Crippen LogP contribution is 2.33. The number of alkyl halides is 1. The van der Waals surface area contributed by atoms with Gasteiger partial charge >= 0.3 is 0 Å². The molecule has 15 heavy (non-hydrogen) atoms. The van der Waals surface area contributed by atoms with Crippen LogP contribution in [-0.4, -0.2) is 13.6 Å². The molecule has 2 rings (SSSR count). The molecule has 1 N–H and O–H groups in total. The summed E-state index contributed by atoms with van der Waals surface area (Å²) in [5.41, 5.74) is 1.12. The van der Waals surface area contributed by atoms with E-state index in [1.54, 1.807) is 11.3 Å². The first-order valence-electron chi connectivity index (χ1n) is 4.74. The van der Waals surface area contributed by atoms with Crippen LogP contribution >= 0.6 is 22.9 Å². The van der Waals surface area contributed by atoms with Gasteiger partial charge in [0.05, 0.1) is 0 Å². The van der Waals surface area contributed by atoms with Crippen molar-refractivity contribution in [2.24, 2.45) is 0 Å². The summed E-state index contributed by atoms with van der Waals surface area (Å²) in [5.74, 6) is 0. The van der Waals surface area contributed by atoms with E-state index in [0.717, 1.165) is 24.8 Å². The second-order valence-corrected chi connectivity index (χ2v) is 6.92. The van der Waals surface area contributed by atoms with Gasteiger partial charge in [-0.1, -0.05) is 0 Å². The Morgan fingerprint density at radius 3 is 3.13 bits per heavy atom. The maximum Gasteiger partial charge on any atom is 0.226 e. The Bertz CT molecular complexity index is 441. The second-order valence-electron chi connectivity index (χ2n) is 3.59. The largest absolute Gasteiger partial charge is 0.226 e. The van der Waals surface area contributed by atoms with Crippen LogP contribution in [0.2, 0.25) is 0 Å². The Hall–Kier alpha value is -0.100. The summed E-state index contributed by atoms with van der Waals surface area (Å²) < 4.78 is 25.4. The van der Waals surface area contributed by atoms with E-state index in [9.17, 15) is 8.42 Å². The van der Waals surface area contributed by atoms with E-state index >= 15 is 0 Å². The lowest BCUT2D eigenvalue weighted by molar-refractivity contribution is 0.513. The molecule has 0 aromatic carbocycles. The van der Waals surface area contributed by atoms with Crippen molar-refractivity contribution in [1.82, 2.24) is 4.72 Å². The fourth-order valence-corrected chi connectivity index (χ4v) is 3.77. The molecule has 1 aliphatic rings. The van der Waals surface area contributed by atoms with E-state index in [1.807, 2.05) is 11.4 Å². The molecule has 0 radical (unpaired) electrons. The molecule has 3 nitrogen and oxygen atoms in total. The topological polar surface area (TPSA) is 46.2 Å². The minimum atomic E-state index is -3.32. The van der Waals surface area contributed by atoms with E-state index in [-0.39, 0.29) is 11.3 Å². The molecule has 1 heterocycles. The number of rotatable bonds is 3. The van der Waals surface area contributed by atoms with Gasteiger partial charge in [-0.3, -0.25) is 0 Å². The van der Waals surface area contributed by atoms with E-state index in [0.29, 0.717) is 0 Å². The molecule has 0 fully saturated rings. The van der Waals surface area contributed by atoms with Crippen molar-refractivity contribution in [3.63, 3.8) is 0 Å². The third-order valence-electron chi connectivity index (χ3n) is 2.52. The molecule has 1 aromatic rings. The minimum Gasteiger partial charge on any atom is -0.211 e. The van der Waals surface area contributed by atoms with Crippen molar-refractivity contribution in [1.29, 1.82) is 0 Å². The molecule has 1 atom stereocenters. The first-order chi connectivity index (χ1) is 7.12. The first kappa shape index (κ1) is 11.4. The molecule has 0 bridgehead atoms. The molecule has 0 spiro atoms. The van der Waals surface area contributed by atoms with Crippen LogP contribution in [0.4, 0.5) is 0 Å². The van der Waals surface area contributed by atoms with Crippen LogP contribution in [0.25, 0.3) is 0 Å². The van der Waals surface area contributed by atoms with Gasteiger partial charge in [-0.2, -0.15) is 0 Å². The summed E-state index contributed by atoms with van der Waals surface area (Å²) in [6.07, 6.45) is 2.95. The molecule has 0 aliphatic heterocycles. The lowest BCUT2D eigenvalue weighted by atomic mass is 9.95. The monoisotopic (exact) mass is 265 g/mol. The predicted molar refractivity (Wildman–Crippen MR) is 62.8 cm³/mol. The summed E-state index contributed by atoms with van der Waals surface area (Å²) in [5, 5.41) is 1.64. The van der Waals surface area contributed by atoms with Crippen molar-refractivity contribution in [2.75, 3.05) is 5.21 Å². The van der Waals surface area contributed by atoms with Gasteiger partial charge < -0.3 is 0 Å². The summed E-state index contributed by atoms with van der Waals surface area (Å²) in [7, 11) is -3.32.